The van der Waals surface area contributed by atoms with E-state index >= 15 is 0 Å². The summed E-state index contributed by atoms with van der Waals surface area (Å²) in [5.41, 5.74) is 1.89. The quantitative estimate of drug-likeness (QED) is 0.342. The van der Waals surface area contributed by atoms with Crippen LogP contribution < -0.4 is 0 Å². The van der Waals surface area contributed by atoms with Crippen molar-refractivity contribution in [2.45, 2.75) is 0 Å². The Bertz CT molecular complexity index is 499. The van der Waals surface area contributed by atoms with Crippen molar-refractivity contribution in [2.75, 3.05) is 39.3 Å². The molecule has 0 radical (unpaired) electrons. The Morgan fingerprint density at radius 1 is 0.778 bits per heavy atom. The van der Waals surface area contributed by atoms with Crippen molar-refractivity contribution in [2.24, 2.45) is 0 Å². The van der Waals surface area contributed by atoms with E-state index in [1.54, 1.807) is 0 Å². The molecule has 3 saturated heterocycles. The van der Waals surface area contributed by atoms with Gasteiger partial charge in [0.25, 0.3) is 0 Å². The second-order valence-corrected chi connectivity index (χ2v) is 4.88. The SMILES string of the molecule is O=C1C=C(N2CC2)C(=O)C(N2CC2)=C1N1CC1.[LiH]. The number of hydrogen-bond acceptors (Lipinski definition) is 5. The number of allylic oxidation sites excluding steroid dienone is 1. The minimum atomic E-state index is 0. The summed E-state index contributed by atoms with van der Waals surface area (Å²) in [7, 11) is 0. The third-order valence-corrected chi connectivity index (χ3v) is 3.49. The zero-order valence-electron chi connectivity index (χ0n) is 9.48. The van der Waals surface area contributed by atoms with Crippen LogP contribution in [0.5, 0.6) is 0 Å². The summed E-state index contributed by atoms with van der Waals surface area (Å²) in [5.74, 6) is 0.0485. The molecule has 4 rings (SSSR count). The second kappa shape index (κ2) is 3.91. The van der Waals surface area contributed by atoms with Crippen molar-refractivity contribution in [1.29, 1.82) is 0 Å². The first-order chi connectivity index (χ1) is 8.25. The fourth-order valence-electron chi connectivity index (χ4n) is 2.28. The number of carbonyl (C=O) groups excluding carboxylic acids is 2. The molecule has 3 aliphatic heterocycles. The van der Waals surface area contributed by atoms with Crippen molar-refractivity contribution in [3.05, 3.63) is 23.2 Å². The molecule has 18 heavy (non-hydrogen) atoms. The summed E-state index contributed by atoms with van der Waals surface area (Å²) in [4.78, 5) is 30.5. The third kappa shape index (κ3) is 1.78. The first-order valence-corrected chi connectivity index (χ1v) is 6.05. The molecule has 0 atom stereocenters. The normalized spacial score (nSPS) is 25.1. The number of ketones is 2. The molecule has 4 aliphatic rings. The molecular weight excluding hydrogens is 225 g/mol. The van der Waals surface area contributed by atoms with Gasteiger partial charge in [-0.1, -0.05) is 0 Å². The van der Waals surface area contributed by atoms with Crippen LogP contribution in [0.15, 0.2) is 23.2 Å². The van der Waals surface area contributed by atoms with Crippen molar-refractivity contribution in [3.8, 4) is 0 Å². The average molecular weight is 239 g/mol. The Morgan fingerprint density at radius 3 is 1.78 bits per heavy atom. The third-order valence-electron chi connectivity index (χ3n) is 3.49. The summed E-state index contributed by atoms with van der Waals surface area (Å²) in [6.45, 7) is 5.41. The predicted octanol–water partition coefficient (Wildman–Crippen LogP) is -1.47. The van der Waals surface area contributed by atoms with Crippen LogP contribution in [0.25, 0.3) is 0 Å². The van der Waals surface area contributed by atoms with E-state index in [0.717, 1.165) is 39.3 Å². The molecule has 0 spiro atoms. The van der Waals surface area contributed by atoms with Crippen LogP contribution in [0.1, 0.15) is 0 Å². The van der Waals surface area contributed by atoms with Gasteiger partial charge in [-0.25, -0.2) is 0 Å². The number of nitrogens with zero attached hydrogens (tertiary/aromatic N) is 3. The van der Waals surface area contributed by atoms with E-state index in [1.807, 2.05) is 14.7 Å². The molecule has 3 fully saturated rings. The standard InChI is InChI=1S/C12H13N3O2.Li.H/c16-9-7-8(13-1-2-13)12(17)11(15-5-6-15)10(9)14-3-4-14;;/h7H,1-6H2;;. The molecule has 0 amide bonds. The summed E-state index contributed by atoms with van der Waals surface area (Å²) in [6.07, 6.45) is 1.52. The first-order valence-electron chi connectivity index (χ1n) is 6.05. The Morgan fingerprint density at radius 2 is 1.28 bits per heavy atom. The van der Waals surface area contributed by atoms with Crippen molar-refractivity contribution in [1.82, 2.24) is 14.7 Å². The van der Waals surface area contributed by atoms with Gasteiger partial charge in [-0.2, -0.15) is 0 Å². The van der Waals surface area contributed by atoms with Crippen LogP contribution in [0, 0.1) is 0 Å². The van der Waals surface area contributed by atoms with Gasteiger partial charge in [-0.3, -0.25) is 9.59 Å². The van der Waals surface area contributed by atoms with E-state index in [9.17, 15) is 9.59 Å². The molecule has 90 valence electrons. The van der Waals surface area contributed by atoms with Gasteiger partial charge in [0, 0.05) is 45.3 Å². The molecule has 3 heterocycles. The molecule has 0 unspecified atom stereocenters. The van der Waals surface area contributed by atoms with Gasteiger partial charge < -0.3 is 14.7 Å². The molecule has 0 aromatic carbocycles. The summed E-state index contributed by atoms with van der Waals surface area (Å²) >= 11 is 0. The number of carbonyl (C=O) groups is 2. The number of rotatable bonds is 3. The Hall–Kier alpha value is -1.18. The Kier molecular flexibility index (Phi) is 2.58. The van der Waals surface area contributed by atoms with Crippen molar-refractivity contribution in [3.63, 3.8) is 0 Å². The maximum absolute atomic E-state index is 12.4. The minimum absolute atomic E-state index is 0. The van der Waals surface area contributed by atoms with Crippen LogP contribution >= 0.6 is 0 Å². The van der Waals surface area contributed by atoms with E-state index in [4.69, 9.17) is 0 Å². The van der Waals surface area contributed by atoms with E-state index < -0.39 is 0 Å². The molecule has 5 nitrogen and oxygen atoms in total. The number of hydrogen-bond donors (Lipinski definition) is 0. The van der Waals surface area contributed by atoms with E-state index in [2.05, 4.69) is 0 Å². The topological polar surface area (TPSA) is 43.2 Å². The predicted molar refractivity (Wildman–Crippen MR) is 67.0 cm³/mol. The van der Waals surface area contributed by atoms with Gasteiger partial charge in [0.15, 0.2) is 0 Å². The molecule has 6 heteroatoms. The first kappa shape index (κ1) is 11.9. The monoisotopic (exact) mass is 239 g/mol. The zero-order chi connectivity index (χ0) is 11.6. The summed E-state index contributed by atoms with van der Waals surface area (Å²) in [6, 6.07) is 0. The fraction of sp³-hybridized carbons (Fsp3) is 0.500. The summed E-state index contributed by atoms with van der Waals surface area (Å²) in [5, 5.41) is 0. The van der Waals surface area contributed by atoms with Crippen LogP contribution in [0.3, 0.4) is 0 Å². The van der Waals surface area contributed by atoms with Crippen molar-refractivity contribution >= 4 is 30.4 Å². The molecule has 0 aromatic rings. The van der Waals surface area contributed by atoms with Gasteiger partial charge in [-0.05, 0) is 0 Å². The van der Waals surface area contributed by atoms with Crippen molar-refractivity contribution < 1.29 is 9.59 Å². The van der Waals surface area contributed by atoms with Crippen LogP contribution in [0.4, 0.5) is 0 Å². The van der Waals surface area contributed by atoms with E-state index in [0.29, 0.717) is 17.1 Å². The van der Waals surface area contributed by atoms with Crippen LogP contribution in [0.2, 0.25) is 0 Å². The molecule has 0 saturated carbocycles. The maximum atomic E-state index is 12.4. The van der Waals surface area contributed by atoms with Gasteiger partial charge in [-0.15, -0.1) is 0 Å². The fourth-order valence-corrected chi connectivity index (χ4v) is 2.28. The molecule has 0 bridgehead atoms. The van der Waals surface area contributed by atoms with Gasteiger partial charge in [0.1, 0.15) is 11.4 Å². The summed E-state index contributed by atoms with van der Waals surface area (Å²) < 4.78 is 0. The van der Waals surface area contributed by atoms with Crippen LogP contribution in [-0.2, 0) is 9.59 Å². The average Bonchev–Trinajstić information content (AvgIpc) is 3.13. The molecule has 0 aromatic heterocycles. The van der Waals surface area contributed by atoms with Gasteiger partial charge >= 0.3 is 18.9 Å². The van der Waals surface area contributed by atoms with Gasteiger partial charge in [0.2, 0.25) is 11.6 Å². The van der Waals surface area contributed by atoms with E-state index in [1.165, 1.54) is 6.08 Å². The number of Topliss-reactive ketones (excluding diaryl/α,β-unsaturated/α-hetero) is 1. The molecule has 1 aliphatic carbocycles. The Balaban J connectivity index is 0.000001000. The Labute approximate surface area is 117 Å². The molecule has 0 N–H and O–H groups in total. The second-order valence-electron chi connectivity index (χ2n) is 4.88. The van der Waals surface area contributed by atoms with Crippen LogP contribution in [-0.4, -0.2) is 84.4 Å². The van der Waals surface area contributed by atoms with E-state index in [-0.39, 0.29) is 30.4 Å². The zero-order valence-corrected chi connectivity index (χ0v) is 9.48. The molecular formula is C12H14LiN3O2. The van der Waals surface area contributed by atoms with Gasteiger partial charge in [0.05, 0.1) is 5.70 Å².